The summed E-state index contributed by atoms with van der Waals surface area (Å²) in [5, 5.41) is 13.9. The Labute approximate surface area is 142 Å². The number of hydrogen-bond donors (Lipinski definition) is 3. The maximum Gasteiger partial charge on any atom is 0.315 e. The van der Waals surface area contributed by atoms with Gasteiger partial charge >= 0.3 is 12.0 Å². The minimum Gasteiger partial charge on any atom is -0.481 e. The fourth-order valence-electron chi connectivity index (χ4n) is 2.23. The number of aliphatic carboxylic acids is 1. The van der Waals surface area contributed by atoms with Crippen molar-refractivity contribution in [1.82, 2.24) is 15.6 Å². The minimum atomic E-state index is -0.867. The molecule has 1 aromatic rings. The number of aromatic nitrogens is 1. The van der Waals surface area contributed by atoms with Crippen molar-refractivity contribution >= 4 is 12.0 Å². The first-order chi connectivity index (χ1) is 11.4. The zero-order valence-electron chi connectivity index (χ0n) is 14.5. The number of hydrogen-bond acceptors (Lipinski definition) is 4. The maximum absolute atomic E-state index is 11.6. The van der Waals surface area contributed by atoms with Gasteiger partial charge < -0.3 is 20.5 Å². The van der Waals surface area contributed by atoms with Crippen LogP contribution in [0.25, 0.3) is 0 Å². The van der Waals surface area contributed by atoms with Crippen LogP contribution >= 0.6 is 0 Å². The first-order valence-corrected chi connectivity index (χ1v) is 8.22. The van der Waals surface area contributed by atoms with Crippen LogP contribution in [0.15, 0.2) is 18.3 Å². The number of carbonyl (C=O) groups excluding carboxylic acids is 1. The summed E-state index contributed by atoms with van der Waals surface area (Å²) in [6.07, 6.45) is 3.13. The van der Waals surface area contributed by atoms with E-state index in [4.69, 9.17) is 9.84 Å². The monoisotopic (exact) mass is 337 g/mol. The SMILES string of the molecule is CC(C)CC(C)Oc1cc(CNC(=O)NCCCC(=O)O)ccn1. The second kappa shape index (κ2) is 10.5. The Bertz CT molecular complexity index is 534. The van der Waals surface area contributed by atoms with Gasteiger partial charge in [0, 0.05) is 31.8 Å². The Morgan fingerprint density at radius 1 is 1.29 bits per heavy atom. The van der Waals surface area contributed by atoms with Crippen molar-refractivity contribution in [1.29, 1.82) is 0 Å². The lowest BCUT2D eigenvalue weighted by atomic mass is 10.1. The highest BCUT2D eigenvalue weighted by atomic mass is 16.5. The predicted molar refractivity (Wildman–Crippen MR) is 90.9 cm³/mol. The quantitative estimate of drug-likeness (QED) is 0.570. The molecule has 7 heteroatoms. The largest absolute Gasteiger partial charge is 0.481 e. The van der Waals surface area contributed by atoms with Gasteiger partial charge in [0.25, 0.3) is 0 Å². The third kappa shape index (κ3) is 8.97. The molecule has 0 aliphatic carbocycles. The number of ether oxygens (including phenoxy) is 1. The first-order valence-electron chi connectivity index (χ1n) is 8.22. The van der Waals surface area contributed by atoms with Gasteiger partial charge in [-0.05, 0) is 37.3 Å². The molecule has 3 N–H and O–H groups in total. The molecule has 0 aliphatic heterocycles. The number of urea groups is 1. The molecule has 0 spiro atoms. The molecule has 0 aliphatic rings. The lowest BCUT2D eigenvalue weighted by Crippen LogP contribution is -2.35. The van der Waals surface area contributed by atoms with E-state index in [1.807, 2.05) is 19.1 Å². The summed E-state index contributed by atoms with van der Waals surface area (Å²) in [5.41, 5.74) is 0.887. The molecule has 2 amide bonds. The minimum absolute atomic E-state index is 0.0416. The lowest BCUT2D eigenvalue weighted by molar-refractivity contribution is -0.137. The summed E-state index contributed by atoms with van der Waals surface area (Å²) in [7, 11) is 0. The molecule has 0 saturated heterocycles. The summed E-state index contributed by atoms with van der Waals surface area (Å²) >= 11 is 0. The van der Waals surface area contributed by atoms with Crippen LogP contribution in [0.5, 0.6) is 5.88 Å². The van der Waals surface area contributed by atoms with E-state index >= 15 is 0 Å². The summed E-state index contributed by atoms with van der Waals surface area (Å²) in [5.74, 6) is 0.229. The lowest BCUT2D eigenvalue weighted by Gasteiger charge is -2.16. The van der Waals surface area contributed by atoms with Crippen molar-refractivity contribution in [3.8, 4) is 5.88 Å². The fraction of sp³-hybridized carbons (Fsp3) is 0.588. The zero-order chi connectivity index (χ0) is 17.9. The Morgan fingerprint density at radius 2 is 2.04 bits per heavy atom. The van der Waals surface area contributed by atoms with Gasteiger partial charge in [0.1, 0.15) is 0 Å². The van der Waals surface area contributed by atoms with Crippen LogP contribution in [0, 0.1) is 5.92 Å². The number of carbonyl (C=O) groups is 2. The van der Waals surface area contributed by atoms with Crippen LogP contribution in [0.1, 0.15) is 45.6 Å². The zero-order valence-corrected chi connectivity index (χ0v) is 14.5. The Hall–Kier alpha value is -2.31. The van der Waals surface area contributed by atoms with Gasteiger partial charge in [-0.1, -0.05) is 13.8 Å². The smallest absolute Gasteiger partial charge is 0.315 e. The average molecular weight is 337 g/mol. The van der Waals surface area contributed by atoms with E-state index in [0.29, 0.717) is 31.3 Å². The van der Waals surface area contributed by atoms with Crippen LogP contribution in [-0.2, 0) is 11.3 Å². The summed E-state index contributed by atoms with van der Waals surface area (Å²) in [4.78, 5) is 26.2. The molecule has 1 unspecified atom stereocenters. The highest BCUT2D eigenvalue weighted by Gasteiger charge is 2.08. The van der Waals surface area contributed by atoms with Crippen molar-refractivity contribution in [2.24, 2.45) is 5.92 Å². The molecule has 1 atom stereocenters. The van der Waals surface area contributed by atoms with E-state index in [1.165, 1.54) is 0 Å². The van der Waals surface area contributed by atoms with Crippen LogP contribution in [0.4, 0.5) is 4.79 Å². The first kappa shape index (κ1) is 19.7. The van der Waals surface area contributed by atoms with Crippen molar-refractivity contribution in [2.75, 3.05) is 6.54 Å². The van der Waals surface area contributed by atoms with Gasteiger partial charge in [-0.2, -0.15) is 0 Å². The average Bonchev–Trinajstić information content (AvgIpc) is 2.49. The third-order valence-corrected chi connectivity index (χ3v) is 3.23. The van der Waals surface area contributed by atoms with Crippen LogP contribution in [0.3, 0.4) is 0 Å². The second-order valence-corrected chi connectivity index (χ2v) is 6.17. The van der Waals surface area contributed by atoms with Gasteiger partial charge in [0.2, 0.25) is 5.88 Å². The van der Waals surface area contributed by atoms with Crippen molar-refractivity contribution in [2.45, 2.75) is 52.7 Å². The molecule has 134 valence electrons. The van der Waals surface area contributed by atoms with Crippen LogP contribution < -0.4 is 15.4 Å². The highest BCUT2D eigenvalue weighted by molar-refractivity contribution is 5.73. The molecule has 0 bridgehead atoms. The van der Waals surface area contributed by atoms with Gasteiger partial charge in [-0.25, -0.2) is 9.78 Å². The van der Waals surface area contributed by atoms with E-state index in [0.717, 1.165) is 12.0 Å². The van der Waals surface area contributed by atoms with Crippen molar-refractivity contribution < 1.29 is 19.4 Å². The molecular weight excluding hydrogens is 310 g/mol. The van der Waals surface area contributed by atoms with Crippen molar-refractivity contribution in [3.63, 3.8) is 0 Å². The number of pyridine rings is 1. The van der Waals surface area contributed by atoms with E-state index in [2.05, 4.69) is 29.5 Å². The number of nitrogens with one attached hydrogen (secondary N) is 2. The van der Waals surface area contributed by atoms with Gasteiger partial charge in [-0.15, -0.1) is 0 Å². The molecule has 1 rings (SSSR count). The summed E-state index contributed by atoms with van der Waals surface area (Å²) in [6.45, 7) is 6.97. The molecule has 1 aromatic heterocycles. The highest BCUT2D eigenvalue weighted by Crippen LogP contribution is 2.14. The van der Waals surface area contributed by atoms with E-state index in [-0.39, 0.29) is 18.6 Å². The molecule has 0 radical (unpaired) electrons. The van der Waals surface area contributed by atoms with E-state index in [9.17, 15) is 9.59 Å². The molecule has 0 saturated carbocycles. The topological polar surface area (TPSA) is 101 Å². The number of amides is 2. The van der Waals surface area contributed by atoms with Gasteiger partial charge in [0.15, 0.2) is 0 Å². The summed E-state index contributed by atoms with van der Waals surface area (Å²) < 4.78 is 5.78. The Morgan fingerprint density at radius 3 is 2.71 bits per heavy atom. The fourth-order valence-corrected chi connectivity index (χ4v) is 2.23. The van der Waals surface area contributed by atoms with Crippen molar-refractivity contribution in [3.05, 3.63) is 23.9 Å². The molecule has 7 nitrogen and oxygen atoms in total. The number of rotatable bonds is 10. The standard InChI is InChI=1S/C17H27N3O4/c1-12(2)9-13(3)24-15-10-14(6-8-18-15)11-20-17(23)19-7-4-5-16(21)22/h6,8,10,12-13H,4-5,7,9,11H2,1-3H3,(H,21,22)(H2,19,20,23). The number of carboxylic acids is 1. The summed E-state index contributed by atoms with van der Waals surface area (Å²) in [6, 6.07) is 3.29. The second-order valence-electron chi connectivity index (χ2n) is 6.17. The Balaban J connectivity index is 2.36. The Kier molecular flexibility index (Phi) is 8.60. The van der Waals surface area contributed by atoms with Gasteiger partial charge in [0.05, 0.1) is 6.10 Å². The molecule has 0 aromatic carbocycles. The van der Waals surface area contributed by atoms with E-state index in [1.54, 1.807) is 6.20 Å². The maximum atomic E-state index is 11.6. The van der Waals surface area contributed by atoms with Crippen LogP contribution in [0.2, 0.25) is 0 Å². The molecule has 0 fully saturated rings. The molecule has 24 heavy (non-hydrogen) atoms. The molecule has 1 heterocycles. The van der Waals surface area contributed by atoms with Gasteiger partial charge in [-0.3, -0.25) is 4.79 Å². The van der Waals surface area contributed by atoms with Crippen LogP contribution in [-0.4, -0.2) is 34.7 Å². The third-order valence-electron chi connectivity index (χ3n) is 3.23. The molecular formula is C17H27N3O4. The number of nitrogens with zero attached hydrogens (tertiary/aromatic N) is 1. The normalized spacial score (nSPS) is 11.8. The van der Waals surface area contributed by atoms with E-state index < -0.39 is 5.97 Å². The predicted octanol–water partition coefficient (Wildman–Crippen LogP) is 2.56. The number of carboxylic acid groups (broad SMARTS) is 1.